The minimum Gasteiger partial charge on any atom is -0.354 e. The number of fused-ring (bicyclic) bond motifs is 1. The third-order valence-corrected chi connectivity index (χ3v) is 3.41. The molecule has 1 amide bonds. The number of hydrogen-bond donors (Lipinski definition) is 2. The van der Waals surface area contributed by atoms with E-state index < -0.39 is 0 Å². The van der Waals surface area contributed by atoms with Crippen LogP contribution < -0.4 is 10.6 Å². The number of nitrogens with one attached hydrogen (secondary N) is 2. The summed E-state index contributed by atoms with van der Waals surface area (Å²) in [4.78, 5) is 11.8. The zero-order chi connectivity index (χ0) is 13.1. The van der Waals surface area contributed by atoms with Gasteiger partial charge in [0.2, 0.25) is 5.91 Å². The Hall–Kier alpha value is -1.95. The molecule has 1 fully saturated rings. The summed E-state index contributed by atoms with van der Waals surface area (Å²) in [6, 6.07) is 5.77. The molecule has 1 saturated heterocycles. The largest absolute Gasteiger partial charge is 0.354 e. The van der Waals surface area contributed by atoms with Crippen LogP contribution in [0.4, 0.5) is 0 Å². The molecule has 0 bridgehead atoms. The lowest BCUT2D eigenvalue weighted by Gasteiger charge is -2.10. The molecule has 1 aliphatic rings. The van der Waals surface area contributed by atoms with Gasteiger partial charge in [-0.15, -0.1) is 10.2 Å². The third-order valence-electron chi connectivity index (χ3n) is 3.41. The van der Waals surface area contributed by atoms with Crippen molar-refractivity contribution in [2.75, 3.05) is 13.1 Å². The molecule has 1 aliphatic heterocycles. The van der Waals surface area contributed by atoms with Crippen molar-refractivity contribution in [3.63, 3.8) is 0 Å². The number of pyridine rings is 1. The summed E-state index contributed by atoms with van der Waals surface area (Å²) >= 11 is 0. The molecule has 2 aromatic rings. The molecule has 6 nitrogen and oxygen atoms in total. The van der Waals surface area contributed by atoms with Gasteiger partial charge in [0.05, 0.1) is 6.04 Å². The van der Waals surface area contributed by atoms with E-state index in [9.17, 15) is 4.79 Å². The lowest BCUT2D eigenvalue weighted by molar-refractivity contribution is -0.122. The molecule has 0 saturated carbocycles. The number of hydrogen-bond acceptors (Lipinski definition) is 4. The molecule has 2 aromatic heterocycles. The molecule has 0 aromatic carbocycles. The van der Waals surface area contributed by atoms with Crippen LogP contribution in [0.5, 0.6) is 0 Å². The molecule has 2 N–H and O–H groups in total. The van der Waals surface area contributed by atoms with E-state index in [-0.39, 0.29) is 11.9 Å². The van der Waals surface area contributed by atoms with Crippen molar-refractivity contribution in [3.8, 4) is 0 Å². The summed E-state index contributed by atoms with van der Waals surface area (Å²) in [5.41, 5.74) is 0.835. The van der Waals surface area contributed by atoms with E-state index in [1.807, 2.05) is 28.8 Å². The predicted molar refractivity (Wildman–Crippen MR) is 70.7 cm³/mol. The van der Waals surface area contributed by atoms with E-state index in [1.54, 1.807) is 0 Å². The quantitative estimate of drug-likeness (QED) is 0.819. The van der Waals surface area contributed by atoms with Crippen LogP contribution in [0.25, 0.3) is 5.65 Å². The van der Waals surface area contributed by atoms with Crippen molar-refractivity contribution < 1.29 is 4.79 Å². The normalized spacial score (nSPS) is 18.8. The van der Waals surface area contributed by atoms with E-state index in [2.05, 4.69) is 20.8 Å². The molecule has 1 atom stereocenters. The summed E-state index contributed by atoms with van der Waals surface area (Å²) in [7, 11) is 0. The molecule has 3 heterocycles. The first-order chi connectivity index (χ1) is 9.34. The smallest absolute Gasteiger partial charge is 0.237 e. The minimum absolute atomic E-state index is 0.0184. The number of rotatable bonds is 4. The van der Waals surface area contributed by atoms with E-state index in [4.69, 9.17) is 0 Å². The Balaban J connectivity index is 1.56. The Kier molecular flexibility index (Phi) is 3.41. The molecule has 0 aliphatic carbocycles. The van der Waals surface area contributed by atoms with Gasteiger partial charge in [-0.1, -0.05) is 6.07 Å². The maximum absolute atomic E-state index is 11.8. The topological polar surface area (TPSA) is 71.3 Å². The van der Waals surface area contributed by atoms with Gasteiger partial charge >= 0.3 is 0 Å². The first kappa shape index (κ1) is 12.1. The van der Waals surface area contributed by atoms with Crippen molar-refractivity contribution >= 4 is 11.6 Å². The van der Waals surface area contributed by atoms with E-state index in [0.29, 0.717) is 13.0 Å². The van der Waals surface area contributed by atoms with Gasteiger partial charge in [-0.05, 0) is 31.5 Å². The lowest BCUT2D eigenvalue weighted by atomic mass is 10.2. The molecule has 19 heavy (non-hydrogen) atoms. The van der Waals surface area contributed by atoms with Crippen molar-refractivity contribution in [3.05, 3.63) is 30.2 Å². The third kappa shape index (κ3) is 2.58. The molecule has 0 spiro atoms. The highest BCUT2D eigenvalue weighted by Crippen LogP contribution is 2.05. The van der Waals surface area contributed by atoms with Gasteiger partial charge in [-0.2, -0.15) is 0 Å². The summed E-state index contributed by atoms with van der Waals surface area (Å²) in [5.74, 6) is 0.960. The van der Waals surface area contributed by atoms with Crippen LogP contribution in [0.2, 0.25) is 0 Å². The van der Waals surface area contributed by atoms with Crippen LogP contribution in [0, 0.1) is 0 Å². The fourth-order valence-electron chi connectivity index (χ4n) is 2.39. The van der Waals surface area contributed by atoms with Gasteiger partial charge in [0, 0.05) is 19.2 Å². The van der Waals surface area contributed by atoms with Gasteiger partial charge < -0.3 is 10.6 Å². The first-order valence-electron chi connectivity index (χ1n) is 6.64. The average molecular weight is 259 g/mol. The number of amides is 1. The van der Waals surface area contributed by atoms with Crippen molar-refractivity contribution in [1.29, 1.82) is 0 Å². The van der Waals surface area contributed by atoms with Crippen LogP contribution in [-0.4, -0.2) is 39.6 Å². The Labute approximate surface area is 111 Å². The SMILES string of the molecule is O=C(NCCc1nnc2ccccn12)C1CCCN1. The zero-order valence-electron chi connectivity index (χ0n) is 10.7. The fraction of sp³-hybridized carbons (Fsp3) is 0.462. The molecule has 0 radical (unpaired) electrons. The van der Waals surface area contributed by atoms with Crippen LogP contribution in [0.1, 0.15) is 18.7 Å². The number of aromatic nitrogens is 3. The Bertz CT molecular complexity index is 573. The number of carbonyl (C=O) groups excluding carboxylic acids is 1. The van der Waals surface area contributed by atoms with Crippen LogP contribution in [0.15, 0.2) is 24.4 Å². The standard InChI is InChI=1S/C13H17N5O/c19-13(10-4-3-7-14-10)15-8-6-12-17-16-11-5-1-2-9-18(11)12/h1-2,5,9-10,14H,3-4,6-8H2,(H,15,19). The maximum Gasteiger partial charge on any atom is 0.237 e. The Morgan fingerprint density at radius 3 is 3.26 bits per heavy atom. The van der Waals surface area contributed by atoms with E-state index in [0.717, 1.165) is 30.9 Å². The van der Waals surface area contributed by atoms with Gasteiger partial charge in [0.25, 0.3) is 0 Å². The van der Waals surface area contributed by atoms with E-state index in [1.165, 1.54) is 0 Å². The highest BCUT2D eigenvalue weighted by atomic mass is 16.2. The second-order valence-electron chi connectivity index (χ2n) is 4.74. The highest BCUT2D eigenvalue weighted by Gasteiger charge is 2.21. The van der Waals surface area contributed by atoms with Crippen LogP contribution in [0.3, 0.4) is 0 Å². The fourth-order valence-corrected chi connectivity index (χ4v) is 2.39. The molecule has 6 heteroatoms. The molecule has 1 unspecified atom stereocenters. The minimum atomic E-state index is -0.0184. The summed E-state index contributed by atoms with van der Waals surface area (Å²) in [6.07, 6.45) is 4.63. The van der Waals surface area contributed by atoms with Crippen LogP contribution in [-0.2, 0) is 11.2 Å². The van der Waals surface area contributed by atoms with Gasteiger partial charge in [-0.3, -0.25) is 9.20 Å². The summed E-state index contributed by atoms with van der Waals surface area (Å²) in [6.45, 7) is 1.53. The number of nitrogens with zero attached hydrogens (tertiary/aromatic N) is 3. The van der Waals surface area contributed by atoms with Gasteiger partial charge in [0.15, 0.2) is 5.65 Å². The lowest BCUT2D eigenvalue weighted by Crippen LogP contribution is -2.41. The van der Waals surface area contributed by atoms with Crippen molar-refractivity contribution in [1.82, 2.24) is 25.2 Å². The summed E-state index contributed by atoms with van der Waals surface area (Å²) < 4.78 is 1.94. The highest BCUT2D eigenvalue weighted by molar-refractivity contribution is 5.81. The second kappa shape index (κ2) is 5.36. The second-order valence-corrected chi connectivity index (χ2v) is 4.74. The number of carbonyl (C=O) groups is 1. The molecular formula is C13H17N5O. The predicted octanol–water partition coefficient (Wildman–Crippen LogP) is 0.140. The molecular weight excluding hydrogens is 242 g/mol. The monoisotopic (exact) mass is 259 g/mol. The van der Waals surface area contributed by atoms with Crippen LogP contribution >= 0.6 is 0 Å². The van der Waals surface area contributed by atoms with Gasteiger partial charge in [-0.25, -0.2) is 0 Å². The average Bonchev–Trinajstić information content (AvgIpc) is 3.08. The molecule has 100 valence electrons. The summed E-state index contributed by atoms with van der Waals surface area (Å²) in [5, 5.41) is 14.3. The Morgan fingerprint density at radius 2 is 2.42 bits per heavy atom. The van der Waals surface area contributed by atoms with Crippen molar-refractivity contribution in [2.24, 2.45) is 0 Å². The maximum atomic E-state index is 11.8. The van der Waals surface area contributed by atoms with Gasteiger partial charge in [0.1, 0.15) is 5.82 Å². The van der Waals surface area contributed by atoms with Crippen molar-refractivity contribution in [2.45, 2.75) is 25.3 Å². The zero-order valence-corrected chi connectivity index (χ0v) is 10.7. The Morgan fingerprint density at radius 1 is 1.47 bits per heavy atom. The molecule has 3 rings (SSSR count). The first-order valence-corrected chi connectivity index (χ1v) is 6.64. The van der Waals surface area contributed by atoms with E-state index >= 15 is 0 Å².